The number of guanidine groups is 1. The van der Waals surface area contributed by atoms with Gasteiger partial charge in [-0.25, -0.2) is 15.0 Å². The fourth-order valence-electron chi connectivity index (χ4n) is 3.48. The number of aromatic nitrogens is 2. The van der Waals surface area contributed by atoms with Crippen molar-refractivity contribution in [2.45, 2.75) is 39.7 Å². The third-order valence-electron chi connectivity index (χ3n) is 5.18. The molecule has 0 spiro atoms. The van der Waals surface area contributed by atoms with Gasteiger partial charge in [0, 0.05) is 43.5 Å². The molecule has 4 rings (SSSR count). The molecule has 2 N–H and O–H groups in total. The van der Waals surface area contributed by atoms with E-state index in [2.05, 4.69) is 56.9 Å². The first-order valence-electron chi connectivity index (χ1n) is 10.9. The first-order chi connectivity index (χ1) is 15.2. The molecule has 3 aromatic rings. The Morgan fingerprint density at radius 3 is 2.66 bits per heavy atom. The zero-order valence-corrected chi connectivity index (χ0v) is 21.8. The van der Waals surface area contributed by atoms with Crippen LogP contribution in [0.5, 0.6) is 0 Å². The Balaban J connectivity index is 0.00000289. The maximum atomic E-state index is 5.63. The van der Waals surface area contributed by atoms with E-state index in [9.17, 15) is 0 Å². The summed E-state index contributed by atoms with van der Waals surface area (Å²) in [5.41, 5.74) is 4.13. The van der Waals surface area contributed by atoms with Gasteiger partial charge in [0.25, 0.3) is 0 Å². The molecule has 0 aliphatic carbocycles. The molecule has 32 heavy (non-hydrogen) atoms. The van der Waals surface area contributed by atoms with Crippen molar-refractivity contribution >= 4 is 46.4 Å². The molecule has 1 aromatic carbocycles. The molecule has 0 saturated carbocycles. The van der Waals surface area contributed by atoms with Crippen LogP contribution in [0.1, 0.15) is 36.7 Å². The van der Waals surface area contributed by atoms with Crippen molar-refractivity contribution in [3.63, 3.8) is 0 Å². The number of aliphatic imine (C=N–C) groups is 1. The molecule has 0 unspecified atom stereocenters. The first-order valence-corrected chi connectivity index (χ1v) is 11.8. The molecule has 3 heterocycles. The average molecular weight is 567 g/mol. The van der Waals surface area contributed by atoms with Gasteiger partial charge in [-0.15, -0.1) is 35.3 Å². The summed E-state index contributed by atoms with van der Waals surface area (Å²) in [6.45, 7) is 8.44. The van der Waals surface area contributed by atoms with E-state index in [0.717, 1.165) is 60.6 Å². The minimum atomic E-state index is 0. The summed E-state index contributed by atoms with van der Waals surface area (Å²) in [5, 5.41) is 10.0. The van der Waals surface area contributed by atoms with E-state index in [1.807, 2.05) is 12.1 Å². The Morgan fingerprint density at radius 1 is 1.12 bits per heavy atom. The van der Waals surface area contributed by atoms with Crippen LogP contribution in [0.4, 0.5) is 5.13 Å². The lowest BCUT2D eigenvalue weighted by atomic mass is 10.1. The molecule has 0 amide bonds. The van der Waals surface area contributed by atoms with Gasteiger partial charge in [-0.1, -0.05) is 17.7 Å². The molecule has 7 nitrogen and oxygen atoms in total. The molecule has 9 heteroatoms. The quantitative estimate of drug-likeness (QED) is 0.236. The maximum Gasteiger partial charge on any atom is 0.226 e. The number of nitrogens with zero attached hydrogens (tertiary/aromatic N) is 4. The number of thiazole rings is 1. The van der Waals surface area contributed by atoms with Crippen LogP contribution in [-0.4, -0.2) is 42.1 Å². The monoisotopic (exact) mass is 566 g/mol. The van der Waals surface area contributed by atoms with Crippen LogP contribution in [0, 0.1) is 6.92 Å². The highest BCUT2D eigenvalue weighted by Gasteiger charge is 2.15. The van der Waals surface area contributed by atoms with Crippen LogP contribution >= 0.6 is 35.3 Å². The molecule has 2 aromatic heterocycles. The van der Waals surface area contributed by atoms with Gasteiger partial charge >= 0.3 is 0 Å². The van der Waals surface area contributed by atoms with Crippen LogP contribution in [0.2, 0.25) is 0 Å². The van der Waals surface area contributed by atoms with Crippen molar-refractivity contribution in [3.8, 4) is 11.5 Å². The molecule has 1 aliphatic heterocycles. The Hall–Kier alpha value is -2.14. The van der Waals surface area contributed by atoms with Crippen LogP contribution in [0.15, 0.2) is 45.3 Å². The standard InChI is InChI=1S/C23H30N6OS.HI/c1-3-24-22(25-11-10-19-16-31-23(28-19)29-12-4-5-13-29)26-14-20-15-30-21(27-20)18-8-6-17(2)7-9-18;/h6-9,15-16H,3-5,10-14H2,1-2H3,(H2,24,25,26);1H. The molecule has 0 bridgehead atoms. The second-order valence-corrected chi connectivity index (χ2v) is 8.53. The highest BCUT2D eigenvalue weighted by molar-refractivity contribution is 14.0. The molecule has 0 radical (unpaired) electrons. The van der Waals surface area contributed by atoms with Crippen molar-refractivity contribution < 1.29 is 4.42 Å². The molecule has 0 atom stereocenters. The van der Waals surface area contributed by atoms with Crippen LogP contribution in [0.25, 0.3) is 11.5 Å². The molecular formula is C23H31IN6OS. The van der Waals surface area contributed by atoms with E-state index >= 15 is 0 Å². The lowest BCUT2D eigenvalue weighted by Crippen LogP contribution is -2.38. The van der Waals surface area contributed by atoms with Gasteiger partial charge < -0.3 is 20.0 Å². The van der Waals surface area contributed by atoms with Gasteiger partial charge in [0.1, 0.15) is 12.0 Å². The van der Waals surface area contributed by atoms with Crippen molar-refractivity contribution in [1.29, 1.82) is 0 Å². The summed E-state index contributed by atoms with van der Waals surface area (Å²) in [4.78, 5) is 16.4. The second kappa shape index (κ2) is 12.2. The second-order valence-electron chi connectivity index (χ2n) is 7.70. The van der Waals surface area contributed by atoms with E-state index in [1.165, 1.54) is 18.4 Å². The molecule has 1 fully saturated rings. The zero-order valence-electron chi connectivity index (χ0n) is 18.6. The molecular weight excluding hydrogens is 535 g/mol. The number of hydrogen-bond donors (Lipinski definition) is 2. The molecule has 1 saturated heterocycles. The number of oxazole rings is 1. The van der Waals surface area contributed by atoms with Gasteiger partial charge in [-0.3, -0.25) is 0 Å². The number of hydrogen-bond acceptors (Lipinski definition) is 6. The maximum absolute atomic E-state index is 5.63. The minimum absolute atomic E-state index is 0. The topological polar surface area (TPSA) is 78.6 Å². The minimum Gasteiger partial charge on any atom is -0.444 e. The molecule has 1 aliphatic rings. The summed E-state index contributed by atoms with van der Waals surface area (Å²) >= 11 is 1.75. The van der Waals surface area contributed by atoms with E-state index in [-0.39, 0.29) is 24.0 Å². The van der Waals surface area contributed by atoms with Crippen LogP contribution < -0.4 is 15.5 Å². The summed E-state index contributed by atoms with van der Waals surface area (Å²) in [5.74, 6) is 1.40. The van der Waals surface area contributed by atoms with E-state index in [4.69, 9.17) is 9.40 Å². The number of halogens is 1. The Kier molecular flexibility index (Phi) is 9.34. The van der Waals surface area contributed by atoms with Gasteiger partial charge in [0.2, 0.25) is 5.89 Å². The predicted molar refractivity (Wildman–Crippen MR) is 142 cm³/mol. The largest absolute Gasteiger partial charge is 0.444 e. The lowest BCUT2D eigenvalue weighted by molar-refractivity contribution is 0.572. The Labute approximate surface area is 210 Å². The van der Waals surface area contributed by atoms with Crippen LogP contribution in [0.3, 0.4) is 0 Å². The van der Waals surface area contributed by atoms with E-state index < -0.39 is 0 Å². The number of nitrogens with one attached hydrogen (secondary N) is 2. The van der Waals surface area contributed by atoms with Gasteiger partial charge in [-0.05, 0) is 38.8 Å². The van der Waals surface area contributed by atoms with Crippen molar-refractivity contribution in [1.82, 2.24) is 20.6 Å². The SMILES string of the molecule is CCNC(=NCc1coc(-c2ccc(C)cc2)n1)NCCc1csc(N2CCCC2)n1.I. The highest BCUT2D eigenvalue weighted by atomic mass is 127. The van der Waals surface area contributed by atoms with Gasteiger partial charge in [0.15, 0.2) is 11.1 Å². The van der Waals surface area contributed by atoms with Gasteiger partial charge in [-0.2, -0.15) is 0 Å². The third kappa shape index (κ3) is 6.68. The third-order valence-corrected chi connectivity index (χ3v) is 6.13. The summed E-state index contributed by atoms with van der Waals surface area (Å²) in [7, 11) is 0. The molecule has 172 valence electrons. The number of benzene rings is 1. The number of aryl methyl sites for hydroxylation is 1. The predicted octanol–water partition coefficient (Wildman–Crippen LogP) is 4.62. The van der Waals surface area contributed by atoms with Crippen LogP contribution in [-0.2, 0) is 13.0 Å². The van der Waals surface area contributed by atoms with E-state index in [1.54, 1.807) is 17.6 Å². The Bertz CT molecular complexity index is 994. The summed E-state index contributed by atoms with van der Waals surface area (Å²) in [6.07, 6.45) is 5.10. The van der Waals surface area contributed by atoms with Crippen molar-refractivity contribution in [2.24, 2.45) is 4.99 Å². The first kappa shape index (κ1) is 24.5. The smallest absolute Gasteiger partial charge is 0.226 e. The fraction of sp³-hybridized carbons (Fsp3) is 0.435. The van der Waals surface area contributed by atoms with E-state index in [0.29, 0.717) is 12.4 Å². The average Bonchev–Trinajstić information content (AvgIpc) is 3.54. The normalized spacial score (nSPS) is 13.8. The number of anilines is 1. The highest BCUT2D eigenvalue weighted by Crippen LogP contribution is 2.24. The van der Waals surface area contributed by atoms with Crippen molar-refractivity contribution in [2.75, 3.05) is 31.1 Å². The summed E-state index contributed by atoms with van der Waals surface area (Å²) < 4.78 is 5.63. The lowest BCUT2D eigenvalue weighted by Gasteiger charge is -2.12. The fourth-order valence-corrected chi connectivity index (χ4v) is 4.40. The van der Waals surface area contributed by atoms with Gasteiger partial charge in [0.05, 0.1) is 12.2 Å². The Morgan fingerprint density at radius 2 is 1.91 bits per heavy atom. The zero-order chi connectivity index (χ0) is 21.5. The number of rotatable bonds is 8. The summed E-state index contributed by atoms with van der Waals surface area (Å²) in [6, 6.07) is 8.16. The van der Waals surface area contributed by atoms with Crippen molar-refractivity contribution in [3.05, 3.63) is 52.9 Å².